The molecule has 6 aromatic rings. The van der Waals surface area contributed by atoms with Crippen molar-refractivity contribution in [2.24, 2.45) is 7.05 Å². The number of nitrogens with zero attached hydrogens (tertiary/aromatic N) is 4. The molecule has 182 valence electrons. The number of aromatic nitrogens is 4. The Morgan fingerprint density at radius 2 is 1.84 bits per heavy atom. The quantitative estimate of drug-likeness (QED) is 0.258. The molecule has 0 fully saturated rings. The molecule has 0 aliphatic heterocycles. The molecule has 0 radical (unpaired) electrons. The second-order valence-corrected chi connectivity index (χ2v) is 10.3. The first-order valence-corrected chi connectivity index (χ1v) is 12.9. The number of aryl methyl sites for hydroxylation is 2. The minimum absolute atomic E-state index is 0.0674. The van der Waals surface area contributed by atoms with Crippen LogP contribution in [-0.2, 0) is 18.3 Å². The van der Waals surface area contributed by atoms with Crippen molar-refractivity contribution in [2.45, 2.75) is 13.3 Å². The van der Waals surface area contributed by atoms with Crippen molar-refractivity contribution in [3.05, 3.63) is 89.1 Å². The van der Waals surface area contributed by atoms with E-state index < -0.39 is 5.97 Å². The van der Waals surface area contributed by atoms with Gasteiger partial charge in [0.15, 0.2) is 0 Å². The lowest BCUT2D eigenvalue weighted by atomic mass is 9.93. The zero-order chi connectivity index (χ0) is 25.7. The average molecular weight is 525 g/mol. The van der Waals surface area contributed by atoms with E-state index in [1.54, 1.807) is 17.5 Å². The van der Waals surface area contributed by atoms with Crippen molar-refractivity contribution in [2.75, 3.05) is 0 Å². The number of carboxylic acids is 1. The Morgan fingerprint density at radius 1 is 1.05 bits per heavy atom. The third kappa shape index (κ3) is 4.16. The Labute approximate surface area is 221 Å². The van der Waals surface area contributed by atoms with Crippen molar-refractivity contribution in [3.8, 4) is 33.1 Å². The van der Waals surface area contributed by atoms with E-state index in [0.29, 0.717) is 5.02 Å². The average Bonchev–Trinajstić information content (AvgIpc) is 3.46. The van der Waals surface area contributed by atoms with Gasteiger partial charge in [0, 0.05) is 34.8 Å². The van der Waals surface area contributed by atoms with Crippen LogP contribution in [0.2, 0.25) is 5.02 Å². The molecule has 0 saturated heterocycles. The normalized spacial score (nSPS) is 11.4. The molecule has 0 saturated carbocycles. The van der Waals surface area contributed by atoms with E-state index in [0.717, 1.165) is 65.3 Å². The van der Waals surface area contributed by atoms with Gasteiger partial charge in [-0.05, 0) is 72.1 Å². The van der Waals surface area contributed by atoms with E-state index in [-0.39, 0.29) is 6.42 Å². The molecule has 0 unspecified atom stereocenters. The standard InChI is InChI=1S/C29H21ClN4O2S/c1-16-13-23-28(26(20(16)15-25(35)36)17-6-9-19(30)10-7-17)37-29(32-23)18-8-11-24-21(14-18)27(33-34(24)2)22-5-3-4-12-31-22/h3-14H,15H2,1-2H3,(H,35,36). The van der Waals surface area contributed by atoms with Crippen molar-refractivity contribution in [1.82, 2.24) is 19.7 Å². The van der Waals surface area contributed by atoms with Gasteiger partial charge in [0.25, 0.3) is 0 Å². The van der Waals surface area contributed by atoms with E-state index >= 15 is 0 Å². The summed E-state index contributed by atoms with van der Waals surface area (Å²) in [5.41, 5.74) is 7.96. The Hall–Kier alpha value is -4.07. The topological polar surface area (TPSA) is 80.9 Å². The Balaban J connectivity index is 1.56. The molecule has 37 heavy (non-hydrogen) atoms. The summed E-state index contributed by atoms with van der Waals surface area (Å²) in [6.45, 7) is 1.94. The lowest BCUT2D eigenvalue weighted by Gasteiger charge is -2.13. The van der Waals surface area contributed by atoms with Crippen LogP contribution in [0.15, 0.2) is 72.9 Å². The first kappa shape index (κ1) is 23.3. The molecule has 6 rings (SSSR count). The number of halogens is 1. The molecule has 8 heteroatoms. The van der Waals surface area contributed by atoms with Gasteiger partial charge in [-0.15, -0.1) is 11.3 Å². The smallest absolute Gasteiger partial charge is 0.307 e. The number of benzene rings is 3. The molecule has 0 aliphatic carbocycles. The monoisotopic (exact) mass is 524 g/mol. The van der Waals surface area contributed by atoms with E-state index in [1.807, 2.05) is 67.2 Å². The van der Waals surface area contributed by atoms with Crippen LogP contribution >= 0.6 is 22.9 Å². The molecule has 3 aromatic carbocycles. The summed E-state index contributed by atoms with van der Waals surface area (Å²) in [7, 11) is 1.93. The Morgan fingerprint density at radius 3 is 2.57 bits per heavy atom. The van der Waals surface area contributed by atoms with E-state index in [1.165, 1.54) is 0 Å². The van der Waals surface area contributed by atoms with Gasteiger partial charge in [0.2, 0.25) is 0 Å². The van der Waals surface area contributed by atoms with Gasteiger partial charge >= 0.3 is 5.97 Å². The summed E-state index contributed by atoms with van der Waals surface area (Å²) in [6.07, 6.45) is 1.70. The zero-order valence-corrected chi connectivity index (χ0v) is 21.6. The summed E-state index contributed by atoms with van der Waals surface area (Å²) >= 11 is 7.71. The van der Waals surface area contributed by atoms with Gasteiger partial charge in [0.05, 0.1) is 27.8 Å². The molecular weight excluding hydrogens is 504 g/mol. The number of rotatable bonds is 5. The van der Waals surface area contributed by atoms with Crippen LogP contribution in [0.25, 0.3) is 54.2 Å². The Kier molecular flexibility index (Phi) is 5.74. The minimum atomic E-state index is -0.869. The summed E-state index contributed by atoms with van der Waals surface area (Å²) < 4.78 is 2.82. The second kappa shape index (κ2) is 9.10. The number of thiazole rings is 1. The highest BCUT2D eigenvalue weighted by molar-refractivity contribution is 7.22. The van der Waals surface area contributed by atoms with Crippen molar-refractivity contribution in [3.63, 3.8) is 0 Å². The van der Waals surface area contributed by atoms with E-state index in [4.69, 9.17) is 21.7 Å². The van der Waals surface area contributed by atoms with Crippen LogP contribution < -0.4 is 0 Å². The van der Waals surface area contributed by atoms with Crippen LogP contribution in [0.5, 0.6) is 0 Å². The number of hydrogen-bond donors (Lipinski definition) is 1. The van der Waals surface area contributed by atoms with Crippen LogP contribution in [0.1, 0.15) is 11.1 Å². The summed E-state index contributed by atoms with van der Waals surface area (Å²) in [5.74, 6) is -0.869. The Bertz CT molecular complexity index is 1810. The first-order chi connectivity index (χ1) is 17.9. The van der Waals surface area contributed by atoms with Crippen molar-refractivity contribution < 1.29 is 9.90 Å². The fraction of sp³-hybridized carbons (Fsp3) is 0.103. The minimum Gasteiger partial charge on any atom is -0.481 e. The van der Waals surface area contributed by atoms with E-state index in [2.05, 4.69) is 23.2 Å². The fourth-order valence-corrected chi connectivity index (χ4v) is 6.01. The first-order valence-electron chi connectivity index (χ1n) is 11.7. The van der Waals surface area contributed by atoms with Crippen LogP contribution in [0, 0.1) is 6.92 Å². The van der Waals surface area contributed by atoms with Crippen LogP contribution in [0.3, 0.4) is 0 Å². The molecule has 0 atom stereocenters. The number of pyridine rings is 1. The lowest BCUT2D eigenvalue weighted by molar-refractivity contribution is -0.136. The molecule has 3 heterocycles. The number of aliphatic carboxylic acids is 1. The van der Waals surface area contributed by atoms with Gasteiger partial charge in [-0.3, -0.25) is 14.5 Å². The number of carbonyl (C=O) groups is 1. The van der Waals surface area contributed by atoms with Crippen molar-refractivity contribution >= 4 is 50.0 Å². The third-order valence-corrected chi connectivity index (χ3v) is 7.87. The molecule has 0 spiro atoms. The lowest BCUT2D eigenvalue weighted by Crippen LogP contribution is -2.04. The fourth-order valence-electron chi connectivity index (χ4n) is 4.75. The molecular formula is C29H21ClN4O2S. The number of fused-ring (bicyclic) bond motifs is 2. The molecule has 6 nitrogen and oxygen atoms in total. The molecule has 3 aromatic heterocycles. The maximum atomic E-state index is 11.8. The zero-order valence-electron chi connectivity index (χ0n) is 20.1. The second-order valence-electron chi connectivity index (χ2n) is 8.91. The van der Waals surface area contributed by atoms with Crippen LogP contribution in [0.4, 0.5) is 0 Å². The van der Waals surface area contributed by atoms with Gasteiger partial charge in [-0.1, -0.05) is 29.8 Å². The molecule has 0 bridgehead atoms. The molecule has 0 amide bonds. The summed E-state index contributed by atoms with van der Waals surface area (Å²) in [6, 6.07) is 21.5. The summed E-state index contributed by atoms with van der Waals surface area (Å²) in [4.78, 5) is 21.2. The van der Waals surface area contributed by atoms with E-state index in [9.17, 15) is 9.90 Å². The van der Waals surface area contributed by atoms with Gasteiger partial charge in [0.1, 0.15) is 10.7 Å². The maximum absolute atomic E-state index is 11.8. The third-order valence-electron chi connectivity index (χ3n) is 6.48. The van der Waals surface area contributed by atoms with Crippen LogP contribution in [-0.4, -0.2) is 30.8 Å². The molecule has 1 N–H and O–H groups in total. The highest BCUT2D eigenvalue weighted by Gasteiger charge is 2.20. The predicted molar refractivity (Wildman–Crippen MR) is 149 cm³/mol. The largest absolute Gasteiger partial charge is 0.481 e. The highest BCUT2D eigenvalue weighted by Crippen LogP contribution is 2.42. The van der Waals surface area contributed by atoms with Gasteiger partial charge in [-0.2, -0.15) is 5.10 Å². The maximum Gasteiger partial charge on any atom is 0.307 e. The molecule has 0 aliphatic rings. The highest BCUT2D eigenvalue weighted by atomic mass is 35.5. The SMILES string of the molecule is Cc1cc2nc(-c3ccc4c(c3)c(-c3ccccn3)nn4C)sc2c(-c2ccc(Cl)cc2)c1CC(=O)O. The number of hydrogen-bond acceptors (Lipinski definition) is 5. The van der Waals surface area contributed by atoms with Gasteiger partial charge in [-0.25, -0.2) is 4.98 Å². The van der Waals surface area contributed by atoms with Crippen molar-refractivity contribution in [1.29, 1.82) is 0 Å². The van der Waals surface area contributed by atoms with Gasteiger partial charge < -0.3 is 5.11 Å². The predicted octanol–water partition coefficient (Wildman–Crippen LogP) is 7.17. The summed E-state index contributed by atoms with van der Waals surface area (Å²) in [5, 5.41) is 16.8. The number of carboxylic acid groups (broad SMARTS) is 1.